The van der Waals surface area contributed by atoms with Gasteiger partial charge in [0.25, 0.3) is 0 Å². The van der Waals surface area contributed by atoms with Crippen LogP contribution in [0.3, 0.4) is 0 Å². The van der Waals surface area contributed by atoms with Crippen LogP contribution in [0, 0.1) is 6.92 Å². The number of hydrogen-bond acceptors (Lipinski definition) is 2. The predicted octanol–water partition coefficient (Wildman–Crippen LogP) is 4.07. The van der Waals surface area contributed by atoms with E-state index in [0.29, 0.717) is 0 Å². The molecule has 2 aromatic rings. The number of nitrogens with one attached hydrogen (secondary N) is 1. The maximum absolute atomic E-state index is 13.4. The van der Waals surface area contributed by atoms with Crippen LogP contribution in [0.1, 0.15) is 34.7 Å². The third-order valence-corrected chi connectivity index (χ3v) is 5.81. The highest BCUT2D eigenvalue weighted by Crippen LogP contribution is 2.34. The van der Waals surface area contributed by atoms with E-state index in [2.05, 4.69) is 0 Å². The molecule has 1 aliphatic carbocycles. The van der Waals surface area contributed by atoms with E-state index in [4.69, 9.17) is 0 Å². The van der Waals surface area contributed by atoms with Gasteiger partial charge in [-0.25, -0.2) is 8.42 Å². The van der Waals surface area contributed by atoms with Crippen LogP contribution in [0.5, 0.6) is 0 Å². The fraction of sp³-hybridized carbons (Fsp3) is 0.333. The summed E-state index contributed by atoms with van der Waals surface area (Å²) in [7, 11) is -4.29. The Hall–Kier alpha value is -1.86. The predicted molar refractivity (Wildman–Crippen MR) is 88.8 cm³/mol. The molecule has 1 N–H and O–H groups in total. The molecule has 1 atom stereocenters. The maximum Gasteiger partial charge on any atom is 0.408 e. The van der Waals surface area contributed by atoms with E-state index in [-0.39, 0.29) is 10.5 Å². The van der Waals surface area contributed by atoms with Gasteiger partial charge in [0.15, 0.2) is 0 Å². The first-order valence-electron chi connectivity index (χ1n) is 7.94. The molecule has 0 bridgehead atoms. The van der Waals surface area contributed by atoms with Gasteiger partial charge < -0.3 is 0 Å². The van der Waals surface area contributed by atoms with Gasteiger partial charge in [0.1, 0.15) is 6.04 Å². The molecule has 3 nitrogen and oxygen atoms in total. The third kappa shape index (κ3) is 3.88. The first-order chi connectivity index (χ1) is 11.7. The highest BCUT2D eigenvalue weighted by atomic mass is 32.2. The number of benzene rings is 2. The van der Waals surface area contributed by atoms with Gasteiger partial charge in [0, 0.05) is 0 Å². The van der Waals surface area contributed by atoms with Crippen LogP contribution in [0.15, 0.2) is 47.4 Å². The van der Waals surface area contributed by atoms with Crippen LogP contribution >= 0.6 is 0 Å². The van der Waals surface area contributed by atoms with Crippen molar-refractivity contribution in [3.63, 3.8) is 0 Å². The van der Waals surface area contributed by atoms with Crippen molar-refractivity contribution in [3.8, 4) is 0 Å². The van der Waals surface area contributed by atoms with E-state index in [9.17, 15) is 21.6 Å². The number of fused-ring (bicyclic) bond motifs is 1. The van der Waals surface area contributed by atoms with Gasteiger partial charge in [0.05, 0.1) is 4.90 Å². The first-order valence-corrected chi connectivity index (χ1v) is 9.42. The SMILES string of the molecule is Cc1ccc(C(NS(=O)(=O)c2ccc3c(c2)CCC3)C(F)(F)F)cc1. The molecule has 0 amide bonds. The lowest BCUT2D eigenvalue weighted by Gasteiger charge is -2.22. The van der Waals surface area contributed by atoms with Crippen molar-refractivity contribution in [2.75, 3.05) is 0 Å². The van der Waals surface area contributed by atoms with Crippen molar-refractivity contribution >= 4 is 10.0 Å². The fourth-order valence-corrected chi connectivity index (χ4v) is 4.28. The molecule has 0 aromatic heterocycles. The van der Waals surface area contributed by atoms with Crippen LogP contribution in [0.2, 0.25) is 0 Å². The average molecular weight is 369 g/mol. The van der Waals surface area contributed by atoms with Gasteiger partial charge >= 0.3 is 6.18 Å². The lowest BCUT2D eigenvalue weighted by molar-refractivity contribution is -0.153. The average Bonchev–Trinajstić information content (AvgIpc) is 3.00. The van der Waals surface area contributed by atoms with Crippen LogP contribution < -0.4 is 4.72 Å². The van der Waals surface area contributed by atoms with Crippen molar-refractivity contribution in [1.82, 2.24) is 4.72 Å². The summed E-state index contributed by atoms with van der Waals surface area (Å²) in [5.74, 6) is 0. The summed E-state index contributed by atoms with van der Waals surface area (Å²) in [6, 6.07) is 7.88. The third-order valence-electron chi connectivity index (χ3n) is 4.39. The zero-order valence-corrected chi connectivity index (χ0v) is 14.4. The van der Waals surface area contributed by atoms with Gasteiger partial charge in [-0.05, 0) is 55.0 Å². The van der Waals surface area contributed by atoms with Crippen molar-refractivity contribution in [2.24, 2.45) is 0 Å². The smallest absolute Gasteiger partial charge is 0.207 e. The Balaban J connectivity index is 1.94. The zero-order valence-electron chi connectivity index (χ0n) is 13.6. The second-order valence-electron chi connectivity index (χ2n) is 6.29. The maximum atomic E-state index is 13.4. The summed E-state index contributed by atoms with van der Waals surface area (Å²) < 4.78 is 67.2. The van der Waals surface area contributed by atoms with Gasteiger partial charge in [-0.15, -0.1) is 0 Å². The molecule has 1 aliphatic rings. The summed E-state index contributed by atoms with van der Waals surface area (Å²) >= 11 is 0. The minimum Gasteiger partial charge on any atom is -0.207 e. The fourth-order valence-electron chi connectivity index (χ4n) is 3.02. The zero-order chi connectivity index (χ0) is 18.2. The standard InChI is InChI=1S/C18H18F3NO2S/c1-12-5-7-14(8-6-12)17(18(19,20)21)22-25(23,24)16-10-9-13-3-2-4-15(13)11-16/h5-11,17,22H,2-4H2,1H3. The topological polar surface area (TPSA) is 46.2 Å². The molecule has 3 rings (SSSR count). The van der Waals surface area contributed by atoms with Crippen molar-refractivity contribution < 1.29 is 21.6 Å². The minimum absolute atomic E-state index is 0.130. The molecule has 0 spiro atoms. The van der Waals surface area contributed by atoms with Crippen molar-refractivity contribution in [2.45, 2.75) is 43.3 Å². The first kappa shape index (κ1) is 17.9. The lowest BCUT2D eigenvalue weighted by Crippen LogP contribution is -2.38. The number of sulfonamides is 1. The summed E-state index contributed by atoms with van der Waals surface area (Å²) in [5, 5.41) is 0. The summed E-state index contributed by atoms with van der Waals surface area (Å²) in [6.45, 7) is 1.75. The second kappa shape index (κ2) is 6.46. The molecule has 0 saturated heterocycles. The largest absolute Gasteiger partial charge is 0.408 e. The molecule has 0 fully saturated rings. The Morgan fingerprint density at radius 3 is 2.28 bits per heavy atom. The molecule has 0 radical (unpaired) electrons. The lowest BCUT2D eigenvalue weighted by atomic mass is 10.1. The number of halogens is 3. The van der Waals surface area contributed by atoms with E-state index in [1.165, 1.54) is 36.4 Å². The Labute approximate surface area is 144 Å². The Morgan fingerprint density at radius 1 is 1.00 bits per heavy atom. The monoisotopic (exact) mass is 369 g/mol. The van der Waals surface area contributed by atoms with Crippen LogP contribution in [0.4, 0.5) is 13.2 Å². The summed E-state index contributed by atoms with van der Waals surface area (Å²) in [4.78, 5) is -0.130. The normalized spacial score (nSPS) is 15.8. The Bertz CT molecular complexity index is 874. The molecular weight excluding hydrogens is 351 g/mol. The highest BCUT2D eigenvalue weighted by molar-refractivity contribution is 7.89. The molecule has 0 aliphatic heterocycles. The molecule has 7 heteroatoms. The number of hydrogen-bond donors (Lipinski definition) is 1. The molecular formula is C18H18F3NO2S. The number of alkyl halides is 3. The molecule has 1 unspecified atom stereocenters. The number of aryl methyl sites for hydroxylation is 3. The Kier molecular flexibility index (Phi) is 4.64. The Morgan fingerprint density at radius 2 is 1.64 bits per heavy atom. The minimum atomic E-state index is -4.74. The molecule has 2 aromatic carbocycles. The van der Waals surface area contributed by atoms with Gasteiger partial charge in [0.2, 0.25) is 10.0 Å². The van der Waals surface area contributed by atoms with Crippen LogP contribution in [-0.4, -0.2) is 14.6 Å². The van der Waals surface area contributed by atoms with E-state index in [1.807, 2.05) is 4.72 Å². The van der Waals surface area contributed by atoms with Gasteiger partial charge in [-0.1, -0.05) is 35.9 Å². The second-order valence-corrected chi connectivity index (χ2v) is 8.00. The van der Waals surface area contributed by atoms with Crippen molar-refractivity contribution in [1.29, 1.82) is 0 Å². The summed E-state index contributed by atoms with van der Waals surface area (Å²) in [6.07, 6.45) is -2.18. The summed E-state index contributed by atoms with van der Waals surface area (Å²) in [5.41, 5.74) is 2.61. The number of rotatable bonds is 4. The molecule has 0 heterocycles. The quantitative estimate of drug-likeness (QED) is 0.883. The van der Waals surface area contributed by atoms with E-state index >= 15 is 0 Å². The molecule has 25 heavy (non-hydrogen) atoms. The van der Waals surface area contributed by atoms with E-state index < -0.39 is 22.2 Å². The van der Waals surface area contributed by atoms with Gasteiger partial charge in [-0.3, -0.25) is 0 Å². The molecule has 134 valence electrons. The van der Waals surface area contributed by atoms with Crippen molar-refractivity contribution in [3.05, 3.63) is 64.7 Å². The van der Waals surface area contributed by atoms with Crippen LogP contribution in [0.25, 0.3) is 0 Å². The van der Waals surface area contributed by atoms with Gasteiger partial charge in [-0.2, -0.15) is 17.9 Å². The van der Waals surface area contributed by atoms with E-state index in [1.54, 1.807) is 13.0 Å². The highest BCUT2D eigenvalue weighted by Gasteiger charge is 2.43. The molecule has 0 saturated carbocycles. The van der Waals surface area contributed by atoms with Crippen LogP contribution in [-0.2, 0) is 22.9 Å². The van der Waals surface area contributed by atoms with E-state index in [0.717, 1.165) is 36.0 Å².